The fraction of sp³-hybridized carbons (Fsp3) is 0.464. The number of allylic oxidation sites excluding steroid dienone is 3. The summed E-state index contributed by atoms with van der Waals surface area (Å²) in [5.74, 6) is -2.14. The molecule has 1 aromatic rings. The summed E-state index contributed by atoms with van der Waals surface area (Å²) in [4.78, 5) is 46.2. The number of aromatic nitrogens is 1. The molecule has 0 unspecified atom stereocenters. The van der Waals surface area contributed by atoms with Crippen LogP contribution in [0.25, 0.3) is 0 Å². The summed E-state index contributed by atoms with van der Waals surface area (Å²) in [7, 11) is 1.31. The van der Waals surface area contributed by atoms with Gasteiger partial charge in [-0.15, -0.1) is 0 Å². The minimum Gasteiger partial charge on any atom is -0.858 e. The molecule has 2 heterocycles. The van der Waals surface area contributed by atoms with Crippen LogP contribution < -0.4 is 11.3 Å². The third-order valence-electron chi connectivity index (χ3n) is 7.87. The SMILES string of the molecule is COC(=O)C1=CC[C@@]23CC[C@@H]([C@@](C)(/C=C/C=C(\C)C([O-])=Nc4ccncc4)OC2=O)[C@@]3(OC(C)=O)CC1.[NH4+]. The Bertz CT molecular complexity index is 1220. The summed E-state index contributed by atoms with van der Waals surface area (Å²) in [6.45, 7) is 4.77. The fourth-order valence-electron chi connectivity index (χ4n) is 6.08. The maximum Gasteiger partial charge on any atom is 0.333 e. The largest absolute Gasteiger partial charge is 0.858 e. The molecule has 3 aliphatic rings. The second-order valence-electron chi connectivity index (χ2n) is 9.99. The monoisotopic (exact) mass is 525 g/mol. The van der Waals surface area contributed by atoms with E-state index in [0.29, 0.717) is 42.5 Å². The van der Waals surface area contributed by atoms with Gasteiger partial charge in [-0.1, -0.05) is 18.2 Å². The first kappa shape index (κ1) is 28.8. The van der Waals surface area contributed by atoms with Gasteiger partial charge in [-0.2, -0.15) is 0 Å². The van der Waals surface area contributed by atoms with Crippen LogP contribution in [0.1, 0.15) is 52.9 Å². The molecule has 4 N–H and O–H groups in total. The van der Waals surface area contributed by atoms with Crippen molar-refractivity contribution in [2.75, 3.05) is 7.11 Å². The molecule has 1 aliphatic heterocycles. The zero-order valence-corrected chi connectivity index (χ0v) is 22.5. The number of rotatable bonds is 6. The molecule has 1 saturated carbocycles. The lowest BCUT2D eigenvalue weighted by molar-refractivity contribution is -0.235. The molecule has 204 valence electrons. The number of hydrogen-bond donors (Lipinski definition) is 1. The average molecular weight is 526 g/mol. The molecule has 38 heavy (non-hydrogen) atoms. The molecule has 0 amide bonds. The molecule has 4 rings (SSSR count). The van der Waals surface area contributed by atoms with Gasteiger partial charge in [-0.25, -0.2) is 4.79 Å². The van der Waals surface area contributed by atoms with Crippen LogP contribution in [0.3, 0.4) is 0 Å². The van der Waals surface area contributed by atoms with Crippen molar-refractivity contribution in [3.63, 3.8) is 0 Å². The molecule has 0 aromatic carbocycles. The third-order valence-corrected chi connectivity index (χ3v) is 7.87. The molecular formula is C28H35N3O7. The maximum atomic E-state index is 13.6. The summed E-state index contributed by atoms with van der Waals surface area (Å²) in [6.07, 6.45) is 11.8. The number of carbonyl (C=O) groups is 3. The standard InChI is InChI=1S/C28H32N2O7.H3N/c1-18(23(32)30-21-10-16-29-17-11-21)6-5-12-26(3)22-9-14-27(25(34)37-26)13-7-20(24(33)35-4)8-15-28(22,27)36-19(2)31;/h5-7,10-12,16-17,22H,8-9,13-15H2,1-4H3,(H,29,30,32);1H3/b12-5+,18-6+;/t22-,26+,27+,28-;/m0./s1. The van der Waals surface area contributed by atoms with E-state index in [-0.39, 0.29) is 18.5 Å². The number of nitrogens with zero attached hydrogens (tertiary/aromatic N) is 2. The predicted octanol–water partition coefficient (Wildman–Crippen LogP) is 3.65. The molecule has 0 spiro atoms. The van der Waals surface area contributed by atoms with E-state index in [1.54, 1.807) is 62.7 Å². The van der Waals surface area contributed by atoms with Crippen molar-refractivity contribution in [3.8, 4) is 0 Å². The van der Waals surface area contributed by atoms with Crippen LogP contribution in [-0.4, -0.2) is 47.1 Å². The van der Waals surface area contributed by atoms with Crippen LogP contribution in [0.5, 0.6) is 0 Å². The van der Waals surface area contributed by atoms with E-state index < -0.39 is 40.4 Å². The van der Waals surface area contributed by atoms with Gasteiger partial charge in [0.1, 0.15) is 16.6 Å². The highest BCUT2D eigenvalue weighted by atomic mass is 16.6. The quantitative estimate of drug-likeness (QED) is 0.193. The van der Waals surface area contributed by atoms with Crippen molar-refractivity contribution >= 4 is 29.5 Å². The Morgan fingerprint density at radius 1 is 1.24 bits per heavy atom. The molecule has 2 aliphatic carbocycles. The molecule has 4 atom stereocenters. The second kappa shape index (κ2) is 10.9. The van der Waals surface area contributed by atoms with E-state index in [9.17, 15) is 19.5 Å². The zero-order valence-electron chi connectivity index (χ0n) is 22.5. The van der Waals surface area contributed by atoms with Gasteiger partial charge in [0, 0.05) is 30.8 Å². The van der Waals surface area contributed by atoms with Crippen molar-refractivity contribution in [1.29, 1.82) is 0 Å². The predicted molar refractivity (Wildman–Crippen MR) is 138 cm³/mol. The molecule has 0 radical (unpaired) electrons. The molecule has 10 nitrogen and oxygen atoms in total. The minimum absolute atomic E-state index is 0. The van der Waals surface area contributed by atoms with Gasteiger partial charge < -0.3 is 25.5 Å². The Hall–Kier alpha value is -3.79. The van der Waals surface area contributed by atoms with Gasteiger partial charge in [0.25, 0.3) is 0 Å². The lowest BCUT2D eigenvalue weighted by Crippen LogP contribution is -2.65. The molecule has 2 fully saturated rings. The van der Waals surface area contributed by atoms with Crippen molar-refractivity contribution in [2.24, 2.45) is 16.3 Å². The third kappa shape index (κ3) is 4.88. The Balaban J connectivity index is 0.00000400. The number of esters is 3. The Labute approximate surface area is 222 Å². The molecule has 1 saturated heterocycles. The molecule has 10 heteroatoms. The summed E-state index contributed by atoms with van der Waals surface area (Å²) in [5, 5.41) is 12.5. The van der Waals surface area contributed by atoms with Crippen LogP contribution in [0.4, 0.5) is 5.69 Å². The van der Waals surface area contributed by atoms with Gasteiger partial charge >= 0.3 is 17.9 Å². The van der Waals surface area contributed by atoms with Gasteiger partial charge in [0.2, 0.25) is 0 Å². The van der Waals surface area contributed by atoms with Crippen LogP contribution >= 0.6 is 0 Å². The lowest BCUT2D eigenvalue weighted by atomic mass is 9.62. The molecule has 2 bridgehead atoms. The van der Waals surface area contributed by atoms with E-state index in [2.05, 4.69) is 9.98 Å². The maximum absolute atomic E-state index is 13.6. The van der Waals surface area contributed by atoms with Crippen LogP contribution in [0.2, 0.25) is 0 Å². The minimum atomic E-state index is -1.13. The first-order valence-corrected chi connectivity index (χ1v) is 12.3. The van der Waals surface area contributed by atoms with Crippen molar-refractivity contribution < 1.29 is 33.7 Å². The van der Waals surface area contributed by atoms with Crippen LogP contribution in [-0.2, 0) is 28.6 Å². The topological polar surface area (TPSA) is 164 Å². The van der Waals surface area contributed by atoms with Gasteiger partial charge in [0.05, 0.1) is 12.8 Å². The summed E-state index contributed by atoms with van der Waals surface area (Å²) in [5.41, 5.74) is -1.93. The Morgan fingerprint density at radius 2 is 1.95 bits per heavy atom. The molecular weight excluding hydrogens is 490 g/mol. The summed E-state index contributed by atoms with van der Waals surface area (Å²) < 4.78 is 17.0. The number of carbonyl (C=O) groups excluding carboxylic acids is 3. The highest BCUT2D eigenvalue weighted by Gasteiger charge is 2.74. The van der Waals surface area contributed by atoms with E-state index >= 15 is 0 Å². The average Bonchev–Trinajstić information content (AvgIpc) is 3.01. The fourth-order valence-corrected chi connectivity index (χ4v) is 6.08. The highest BCUT2D eigenvalue weighted by molar-refractivity contribution is 5.91. The smallest absolute Gasteiger partial charge is 0.333 e. The number of cyclic esters (lactones) is 1. The Morgan fingerprint density at radius 3 is 2.61 bits per heavy atom. The van der Waals surface area contributed by atoms with Crippen LogP contribution in [0, 0.1) is 11.3 Å². The van der Waals surface area contributed by atoms with Gasteiger partial charge in [-0.3, -0.25) is 19.6 Å². The van der Waals surface area contributed by atoms with Crippen molar-refractivity contribution in [3.05, 3.63) is 60.0 Å². The van der Waals surface area contributed by atoms with Crippen molar-refractivity contribution in [2.45, 2.75) is 64.1 Å². The van der Waals surface area contributed by atoms with E-state index in [4.69, 9.17) is 14.2 Å². The van der Waals surface area contributed by atoms with E-state index in [1.165, 1.54) is 14.0 Å². The number of ether oxygens (including phenoxy) is 3. The normalized spacial score (nSPS) is 30.9. The number of pyridine rings is 1. The van der Waals surface area contributed by atoms with E-state index in [1.807, 2.05) is 0 Å². The Kier molecular flexibility index (Phi) is 8.26. The number of quaternary nitrogens is 1. The molecule has 1 aromatic heterocycles. The van der Waals surface area contributed by atoms with Crippen molar-refractivity contribution in [1.82, 2.24) is 11.1 Å². The summed E-state index contributed by atoms with van der Waals surface area (Å²) >= 11 is 0. The summed E-state index contributed by atoms with van der Waals surface area (Å²) in [6, 6.07) is 3.27. The number of aliphatic imine (C=N–C) groups is 1. The number of hydrogen-bond acceptors (Lipinski definition) is 9. The van der Waals surface area contributed by atoms with E-state index in [0.717, 1.165) is 0 Å². The first-order chi connectivity index (χ1) is 17.6. The zero-order chi connectivity index (χ0) is 26.8. The first-order valence-electron chi connectivity index (χ1n) is 12.3. The highest BCUT2D eigenvalue weighted by Crippen LogP contribution is 2.65. The van der Waals surface area contributed by atoms with Gasteiger partial charge in [-0.05, 0) is 75.6 Å². The van der Waals surface area contributed by atoms with Gasteiger partial charge in [0.15, 0.2) is 0 Å². The number of methoxy groups -OCH3 is 1. The lowest BCUT2D eigenvalue weighted by Gasteiger charge is -2.54. The van der Waals surface area contributed by atoms with Crippen LogP contribution in [0.15, 0.2) is 65.0 Å². The second-order valence-corrected chi connectivity index (χ2v) is 9.99.